The van der Waals surface area contributed by atoms with E-state index in [1.54, 1.807) is 12.2 Å². The van der Waals surface area contributed by atoms with Gasteiger partial charge in [-0.1, -0.05) is 80.5 Å². The highest BCUT2D eigenvalue weighted by Gasteiger charge is 2.33. The summed E-state index contributed by atoms with van der Waals surface area (Å²) in [7, 11) is 0. The molecule has 42 heavy (non-hydrogen) atoms. The number of aromatic hydroxyl groups is 1. The normalized spacial score (nSPS) is 16.8. The number of phenols is 1. The van der Waals surface area contributed by atoms with Crippen LogP contribution in [0.25, 0.3) is 22.9 Å². The van der Waals surface area contributed by atoms with Gasteiger partial charge in [0.15, 0.2) is 0 Å². The van der Waals surface area contributed by atoms with Crippen LogP contribution in [0.3, 0.4) is 0 Å². The average molecular weight is 555 g/mol. The number of aliphatic hydroxyl groups excluding tert-OH is 1. The number of rotatable bonds is 8. The summed E-state index contributed by atoms with van der Waals surface area (Å²) >= 11 is 0. The number of fused-ring (bicyclic) bond motifs is 4. The van der Waals surface area contributed by atoms with Crippen molar-refractivity contribution in [2.45, 2.75) is 56.8 Å². The molecule has 2 aliphatic rings. The number of allylic oxidation sites excluding steroid dienone is 2. The second-order valence-electron chi connectivity index (χ2n) is 11.5. The molecule has 0 bridgehead atoms. The minimum absolute atomic E-state index is 0.194. The molecule has 3 heteroatoms. The summed E-state index contributed by atoms with van der Waals surface area (Å²) in [6.45, 7) is 11.7. The molecule has 1 fully saturated rings. The van der Waals surface area contributed by atoms with E-state index in [4.69, 9.17) is 4.74 Å². The van der Waals surface area contributed by atoms with E-state index in [-0.39, 0.29) is 17.4 Å². The Bertz CT molecular complexity index is 1700. The van der Waals surface area contributed by atoms with Gasteiger partial charge in [-0.25, -0.2) is 0 Å². The van der Waals surface area contributed by atoms with E-state index in [1.165, 1.54) is 37.7 Å². The minimum atomic E-state index is -0.194. The van der Waals surface area contributed by atoms with Gasteiger partial charge < -0.3 is 14.9 Å². The molecule has 1 aliphatic heterocycles. The fraction of sp³-hybridized carbons (Fsp3) is 0.231. The van der Waals surface area contributed by atoms with E-state index in [2.05, 4.69) is 50.1 Å². The lowest BCUT2D eigenvalue weighted by molar-refractivity contribution is 0.407. The molecular weight excluding hydrogens is 516 g/mol. The van der Waals surface area contributed by atoms with Gasteiger partial charge in [0.25, 0.3) is 0 Å². The third-order valence-corrected chi connectivity index (χ3v) is 8.89. The fourth-order valence-corrected chi connectivity index (χ4v) is 6.84. The van der Waals surface area contributed by atoms with Crippen molar-refractivity contribution in [3.63, 3.8) is 0 Å². The molecule has 0 radical (unpaired) electrons. The van der Waals surface area contributed by atoms with Gasteiger partial charge in [-0.2, -0.15) is 0 Å². The highest BCUT2D eigenvalue weighted by Crippen LogP contribution is 2.53. The summed E-state index contributed by atoms with van der Waals surface area (Å²) in [5.74, 6) is 2.41. The molecule has 0 aromatic heterocycles. The summed E-state index contributed by atoms with van der Waals surface area (Å²) in [5.41, 5.74) is 7.15. The Morgan fingerprint density at radius 1 is 0.833 bits per heavy atom. The highest BCUT2D eigenvalue weighted by molar-refractivity contribution is 5.93. The number of aliphatic hydroxyl groups is 1. The molecule has 0 saturated heterocycles. The third-order valence-electron chi connectivity index (χ3n) is 8.89. The Morgan fingerprint density at radius 3 is 2.26 bits per heavy atom. The van der Waals surface area contributed by atoms with Crippen LogP contribution in [0.2, 0.25) is 0 Å². The zero-order valence-electron chi connectivity index (χ0n) is 24.1. The number of benzene rings is 4. The molecule has 1 unspecified atom stereocenters. The Hall–Kier alpha value is -4.50. The fourth-order valence-electron chi connectivity index (χ4n) is 6.84. The lowest BCUT2D eigenvalue weighted by atomic mass is 9.76. The molecule has 2 N–H and O–H groups in total. The Kier molecular flexibility index (Phi) is 7.75. The average Bonchev–Trinajstić information content (AvgIpc) is 3.01. The van der Waals surface area contributed by atoms with Crippen LogP contribution in [0.1, 0.15) is 89.3 Å². The lowest BCUT2D eigenvalue weighted by Crippen LogP contribution is -2.15. The van der Waals surface area contributed by atoms with Crippen LogP contribution in [0.4, 0.5) is 0 Å². The molecule has 1 heterocycles. The van der Waals surface area contributed by atoms with Crippen molar-refractivity contribution in [2.75, 3.05) is 0 Å². The van der Waals surface area contributed by atoms with Crippen molar-refractivity contribution in [3.05, 3.63) is 137 Å². The van der Waals surface area contributed by atoms with Crippen molar-refractivity contribution in [1.82, 2.24) is 0 Å². The van der Waals surface area contributed by atoms with E-state index < -0.39 is 0 Å². The molecule has 0 amide bonds. The van der Waals surface area contributed by atoms with Crippen molar-refractivity contribution < 1.29 is 14.9 Å². The molecule has 212 valence electrons. The number of hydrogen-bond donors (Lipinski definition) is 2. The number of phenolic OH excluding ortho intramolecular Hbond substituents is 1. The van der Waals surface area contributed by atoms with E-state index in [9.17, 15) is 10.2 Å². The Morgan fingerprint density at radius 2 is 1.55 bits per heavy atom. The number of ether oxygens (including phenoxy) is 1. The molecule has 1 atom stereocenters. The van der Waals surface area contributed by atoms with Gasteiger partial charge in [0, 0.05) is 23.5 Å². The lowest BCUT2D eigenvalue weighted by Gasteiger charge is -2.32. The van der Waals surface area contributed by atoms with Crippen LogP contribution in [-0.2, 0) is 6.42 Å². The molecule has 0 spiro atoms. The summed E-state index contributed by atoms with van der Waals surface area (Å²) < 4.78 is 6.59. The Balaban J connectivity index is 1.61. The SMILES string of the molecule is C=CC/C(O)=C\c1c(C=C)ccc2c1C(c1ccc(C3CCCCC3)cc1)c1c(ccc3cc(CC=C)c(O)cc13)O2. The molecule has 3 nitrogen and oxygen atoms in total. The molecule has 1 aliphatic carbocycles. The molecule has 4 aromatic carbocycles. The maximum Gasteiger partial charge on any atom is 0.132 e. The van der Waals surface area contributed by atoms with Crippen LogP contribution in [-0.4, -0.2) is 10.2 Å². The van der Waals surface area contributed by atoms with Gasteiger partial charge in [0.2, 0.25) is 0 Å². The topological polar surface area (TPSA) is 49.7 Å². The number of hydrogen-bond acceptors (Lipinski definition) is 3. The standard InChI is InChI=1S/C39H38O3/c1-4-10-30-22-29-19-21-36-39(33(29)24-34(30)41)37(28-16-14-27(15-17-28)26-12-8-7-9-13-26)38-32(23-31(40)11-5-2)25(6-3)18-20-35(38)42-36/h4-6,14-24,26,37,40-41H,1-3,7-13H2/b31-23+. The van der Waals surface area contributed by atoms with Crippen LogP contribution < -0.4 is 4.74 Å². The van der Waals surface area contributed by atoms with Crippen LogP contribution >= 0.6 is 0 Å². The second kappa shape index (κ2) is 11.8. The van der Waals surface area contributed by atoms with Gasteiger partial charge in [0.1, 0.15) is 17.2 Å². The van der Waals surface area contributed by atoms with Crippen LogP contribution in [0, 0.1) is 0 Å². The first-order chi connectivity index (χ1) is 20.5. The van der Waals surface area contributed by atoms with Gasteiger partial charge in [-0.05, 0) is 94.1 Å². The molecular formula is C39H38O3. The van der Waals surface area contributed by atoms with Gasteiger partial charge >= 0.3 is 0 Å². The van der Waals surface area contributed by atoms with Crippen molar-refractivity contribution in [3.8, 4) is 17.2 Å². The van der Waals surface area contributed by atoms with Gasteiger partial charge in [0.05, 0.1) is 5.76 Å². The first-order valence-corrected chi connectivity index (χ1v) is 15.0. The van der Waals surface area contributed by atoms with Crippen molar-refractivity contribution in [2.24, 2.45) is 0 Å². The van der Waals surface area contributed by atoms with Crippen molar-refractivity contribution in [1.29, 1.82) is 0 Å². The first-order valence-electron chi connectivity index (χ1n) is 15.0. The third kappa shape index (κ3) is 5.05. The van der Waals surface area contributed by atoms with E-state index in [0.29, 0.717) is 18.8 Å². The molecule has 6 rings (SSSR count). The maximum absolute atomic E-state index is 11.0. The highest BCUT2D eigenvalue weighted by atomic mass is 16.5. The smallest absolute Gasteiger partial charge is 0.132 e. The molecule has 1 saturated carbocycles. The summed E-state index contributed by atoms with van der Waals surface area (Å²) in [6, 6.07) is 21.1. The van der Waals surface area contributed by atoms with E-state index in [1.807, 2.05) is 42.5 Å². The molecule has 4 aromatic rings. The first kappa shape index (κ1) is 27.7. The monoisotopic (exact) mass is 554 g/mol. The Labute approximate surface area is 248 Å². The summed E-state index contributed by atoms with van der Waals surface area (Å²) in [4.78, 5) is 0. The van der Waals surface area contributed by atoms with E-state index >= 15 is 0 Å². The van der Waals surface area contributed by atoms with E-state index in [0.717, 1.165) is 55.7 Å². The predicted molar refractivity (Wildman–Crippen MR) is 175 cm³/mol. The summed E-state index contributed by atoms with van der Waals surface area (Å²) in [5, 5.41) is 23.8. The van der Waals surface area contributed by atoms with Crippen LogP contribution in [0.5, 0.6) is 17.2 Å². The van der Waals surface area contributed by atoms with Crippen LogP contribution in [0.15, 0.2) is 98.3 Å². The van der Waals surface area contributed by atoms with Gasteiger partial charge in [-0.3, -0.25) is 0 Å². The summed E-state index contributed by atoms with van der Waals surface area (Å²) in [6.07, 6.45) is 14.5. The largest absolute Gasteiger partial charge is 0.512 e. The van der Waals surface area contributed by atoms with Crippen molar-refractivity contribution >= 4 is 22.9 Å². The maximum atomic E-state index is 11.0. The second-order valence-corrected chi connectivity index (χ2v) is 11.5. The zero-order chi connectivity index (χ0) is 29.2. The predicted octanol–water partition coefficient (Wildman–Crippen LogP) is 10.7. The van der Waals surface area contributed by atoms with Gasteiger partial charge in [-0.15, -0.1) is 13.2 Å². The minimum Gasteiger partial charge on any atom is -0.512 e. The quantitative estimate of drug-likeness (QED) is 0.148. The zero-order valence-corrected chi connectivity index (χ0v) is 24.1.